The normalized spacial score (nSPS) is 19.9. The molecule has 2 aromatic carbocycles. The molecule has 0 saturated heterocycles. The summed E-state index contributed by atoms with van der Waals surface area (Å²) in [5.74, 6) is 3.51. The maximum atomic E-state index is 5.66. The van der Waals surface area contributed by atoms with Crippen molar-refractivity contribution in [3.8, 4) is 11.5 Å². The minimum absolute atomic E-state index is 0.264. The molecule has 0 heterocycles. The second-order valence-electron chi connectivity index (χ2n) is 7.20. The van der Waals surface area contributed by atoms with E-state index in [2.05, 4.69) is 0 Å². The van der Waals surface area contributed by atoms with E-state index in [1.165, 1.54) is 0 Å². The quantitative estimate of drug-likeness (QED) is 0.462. The summed E-state index contributed by atoms with van der Waals surface area (Å²) in [6.45, 7) is 0. The van der Waals surface area contributed by atoms with Gasteiger partial charge in [-0.25, -0.2) is 9.98 Å². The zero-order chi connectivity index (χ0) is 21.3. The van der Waals surface area contributed by atoms with Gasteiger partial charge >= 0.3 is 0 Å². The largest absolute Gasteiger partial charge is 0.494 e. The smallest absolute Gasteiger partial charge is 0.191 e. The van der Waals surface area contributed by atoms with Crippen LogP contribution in [0.2, 0.25) is 0 Å². The molecule has 0 unspecified atom stereocenters. The maximum absolute atomic E-state index is 5.66. The summed E-state index contributed by atoms with van der Waals surface area (Å²) in [5, 5.41) is 0. The summed E-state index contributed by atoms with van der Waals surface area (Å²) < 4.78 is 22.1. The lowest BCUT2D eigenvalue weighted by Gasteiger charge is -2.28. The minimum Gasteiger partial charge on any atom is -0.494 e. The Hall–Kier alpha value is -3.02. The number of aliphatic imine (C=N–C) groups is 2. The summed E-state index contributed by atoms with van der Waals surface area (Å²) in [6, 6.07) is 15.4. The Morgan fingerprint density at radius 1 is 0.633 bits per heavy atom. The summed E-state index contributed by atoms with van der Waals surface area (Å²) in [6.07, 6.45) is 3.84. The number of hydrogen-bond donors (Lipinski definition) is 0. The average Bonchev–Trinajstić information content (AvgIpc) is 2.81. The molecule has 0 amide bonds. The van der Waals surface area contributed by atoms with E-state index < -0.39 is 0 Å². The molecule has 0 atom stereocenters. The minimum atomic E-state index is 0.264. The Kier molecular flexibility index (Phi) is 7.71. The Morgan fingerprint density at radius 2 is 1.00 bits per heavy atom. The van der Waals surface area contributed by atoms with Gasteiger partial charge < -0.3 is 18.9 Å². The second-order valence-corrected chi connectivity index (χ2v) is 7.20. The van der Waals surface area contributed by atoms with Gasteiger partial charge in [0.05, 0.1) is 28.4 Å². The van der Waals surface area contributed by atoms with Crippen LogP contribution in [0.25, 0.3) is 0 Å². The SMILES string of the molecule is COC(=Nc1ccccc1OC)C1CCC(C(=Nc2ccccc2OC)OC)CC1. The summed E-state index contributed by atoms with van der Waals surface area (Å²) in [5.41, 5.74) is 1.57. The Labute approximate surface area is 178 Å². The highest BCUT2D eigenvalue weighted by Crippen LogP contribution is 2.35. The first-order valence-electron chi connectivity index (χ1n) is 10.2. The van der Waals surface area contributed by atoms with E-state index in [1.54, 1.807) is 28.4 Å². The fraction of sp³-hybridized carbons (Fsp3) is 0.417. The average molecular weight is 411 g/mol. The van der Waals surface area contributed by atoms with Crippen LogP contribution in [0.15, 0.2) is 58.5 Å². The summed E-state index contributed by atoms with van der Waals surface area (Å²) in [4.78, 5) is 9.49. The van der Waals surface area contributed by atoms with Crippen LogP contribution in [0.3, 0.4) is 0 Å². The number of para-hydroxylation sites is 4. The molecule has 160 valence electrons. The molecule has 0 aromatic heterocycles. The van der Waals surface area contributed by atoms with Crippen molar-refractivity contribution in [2.75, 3.05) is 28.4 Å². The first-order valence-corrected chi connectivity index (χ1v) is 10.2. The molecule has 6 heteroatoms. The van der Waals surface area contributed by atoms with Gasteiger partial charge in [0.1, 0.15) is 22.9 Å². The van der Waals surface area contributed by atoms with E-state index in [0.29, 0.717) is 0 Å². The predicted octanol–water partition coefficient (Wildman–Crippen LogP) is 5.56. The molecule has 1 fully saturated rings. The van der Waals surface area contributed by atoms with Crippen LogP contribution >= 0.6 is 0 Å². The highest BCUT2D eigenvalue weighted by Gasteiger charge is 2.29. The van der Waals surface area contributed by atoms with Gasteiger partial charge in [-0.15, -0.1) is 0 Å². The van der Waals surface area contributed by atoms with Crippen molar-refractivity contribution in [2.45, 2.75) is 25.7 Å². The fourth-order valence-electron chi connectivity index (χ4n) is 3.88. The number of ether oxygens (including phenoxy) is 4. The van der Waals surface area contributed by atoms with Crippen molar-refractivity contribution in [1.29, 1.82) is 0 Å². The van der Waals surface area contributed by atoms with Gasteiger partial charge in [0.25, 0.3) is 0 Å². The van der Waals surface area contributed by atoms with E-state index in [0.717, 1.165) is 60.4 Å². The molecule has 6 nitrogen and oxygen atoms in total. The summed E-state index contributed by atoms with van der Waals surface area (Å²) in [7, 11) is 6.67. The molecular formula is C24H30N2O4. The second kappa shape index (κ2) is 10.7. The van der Waals surface area contributed by atoms with E-state index in [1.807, 2.05) is 48.5 Å². The molecule has 3 rings (SSSR count). The van der Waals surface area contributed by atoms with Gasteiger partial charge in [-0.1, -0.05) is 24.3 Å². The number of methoxy groups -OCH3 is 4. The third-order valence-corrected chi connectivity index (χ3v) is 5.48. The number of hydrogen-bond acceptors (Lipinski definition) is 6. The molecule has 1 aliphatic rings. The Balaban J connectivity index is 1.72. The van der Waals surface area contributed by atoms with Gasteiger partial charge in [0, 0.05) is 11.8 Å². The monoisotopic (exact) mass is 410 g/mol. The van der Waals surface area contributed by atoms with E-state index >= 15 is 0 Å². The number of nitrogens with zero attached hydrogens (tertiary/aromatic N) is 2. The molecule has 0 spiro atoms. The molecule has 30 heavy (non-hydrogen) atoms. The van der Waals surface area contributed by atoms with E-state index in [9.17, 15) is 0 Å². The Morgan fingerprint density at radius 3 is 1.33 bits per heavy atom. The number of benzene rings is 2. The van der Waals surface area contributed by atoms with Crippen LogP contribution in [0.5, 0.6) is 11.5 Å². The van der Waals surface area contributed by atoms with Crippen LogP contribution in [0, 0.1) is 11.8 Å². The van der Waals surface area contributed by atoms with Gasteiger partial charge in [-0.05, 0) is 49.9 Å². The van der Waals surface area contributed by atoms with Crippen LogP contribution in [-0.2, 0) is 9.47 Å². The molecule has 0 radical (unpaired) electrons. The first-order chi connectivity index (χ1) is 14.7. The molecule has 0 N–H and O–H groups in total. The summed E-state index contributed by atoms with van der Waals surface area (Å²) >= 11 is 0. The molecule has 2 aromatic rings. The molecular weight excluding hydrogens is 380 g/mol. The predicted molar refractivity (Wildman–Crippen MR) is 120 cm³/mol. The van der Waals surface area contributed by atoms with Crippen molar-refractivity contribution < 1.29 is 18.9 Å². The van der Waals surface area contributed by atoms with Crippen molar-refractivity contribution in [3.05, 3.63) is 48.5 Å². The topological polar surface area (TPSA) is 61.6 Å². The van der Waals surface area contributed by atoms with E-state index in [4.69, 9.17) is 28.9 Å². The Bertz CT molecular complexity index is 813. The van der Waals surface area contributed by atoms with Gasteiger partial charge in [0.2, 0.25) is 0 Å². The lowest BCUT2D eigenvalue weighted by Crippen LogP contribution is -2.27. The third-order valence-electron chi connectivity index (χ3n) is 5.48. The van der Waals surface area contributed by atoms with Gasteiger partial charge in [-0.3, -0.25) is 0 Å². The van der Waals surface area contributed by atoms with Gasteiger partial charge in [-0.2, -0.15) is 0 Å². The highest BCUT2D eigenvalue weighted by molar-refractivity contribution is 5.85. The molecule has 1 saturated carbocycles. The number of rotatable bonds is 6. The van der Waals surface area contributed by atoms with Crippen molar-refractivity contribution in [3.63, 3.8) is 0 Å². The van der Waals surface area contributed by atoms with Crippen LogP contribution in [-0.4, -0.2) is 40.2 Å². The zero-order valence-corrected chi connectivity index (χ0v) is 18.1. The van der Waals surface area contributed by atoms with E-state index in [-0.39, 0.29) is 11.8 Å². The van der Waals surface area contributed by atoms with Crippen LogP contribution < -0.4 is 9.47 Å². The lowest BCUT2D eigenvalue weighted by molar-refractivity contribution is 0.282. The standard InChI is InChI=1S/C24H30N2O4/c1-27-21-11-7-5-9-19(21)25-23(29-3)17-13-15-18(16-14-17)24(30-4)26-20-10-6-8-12-22(20)28-2/h5-12,17-18H,13-16H2,1-4H3. The lowest BCUT2D eigenvalue weighted by atomic mass is 9.81. The molecule has 0 bridgehead atoms. The maximum Gasteiger partial charge on any atom is 0.191 e. The van der Waals surface area contributed by atoms with Crippen molar-refractivity contribution in [2.24, 2.45) is 21.8 Å². The van der Waals surface area contributed by atoms with Crippen molar-refractivity contribution in [1.82, 2.24) is 0 Å². The zero-order valence-electron chi connectivity index (χ0n) is 18.1. The third kappa shape index (κ3) is 5.12. The molecule has 0 aliphatic heterocycles. The fourth-order valence-corrected chi connectivity index (χ4v) is 3.88. The van der Waals surface area contributed by atoms with Gasteiger partial charge in [0.15, 0.2) is 11.8 Å². The van der Waals surface area contributed by atoms with Crippen LogP contribution in [0.4, 0.5) is 11.4 Å². The first kappa shape index (κ1) is 21.7. The van der Waals surface area contributed by atoms with Crippen molar-refractivity contribution >= 4 is 23.2 Å². The van der Waals surface area contributed by atoms with Crippen LogP contribution in [0.1, 0.15) is 25.7 Å². The molecule has 1 aliphatic carbocycles. The highest BCUT2D eigenvalue weighted by atomic mass is 16.5.